The van der Waals surface area contributed by atoms with E-state index in [1.807, 2.05) is 6.92 Å². The number of imidazole rings is 1. The van der Waals surface area contributed by atoms with Crippen LogP contribution in [0.5, 0.6) is 5.75 Å². The van der Waals surface area contributed by atoms with E-state index in [4.69, 9.17) is 4.74 Å². The summed E-state index contributed by atoms with van der Waals surface area (Å²) in [7, 11) is 0. The number of aromatic amines is 1. The van der Waals surface area contributed by atoms with Gasteiger partial charge in [-0.15, -0.1) is 0 Å². The van der Waals surface area contributed by atoms with Crippen molar-refractivity contribution in [1.82, 2.24) is 15.0 Å². The van der Waals surface area contributed by atoms with Gasteiger partial charge in [0.15, 0.2) is 5.65 Å². The van der Waals surface area contributed by atoms with E-state index in [1.54, 1.807) is 25.3 Å². The van der Waals surface area contributed by atoms with Crippen molar-refractivity contribution in [2.24, 2.45) is 11.8 Å². The van der Waals surface area contributed by atoms with Crippen molar-refractivity contribution < 1.29 is 17.9 Å². The molecule has 7 heteroatoms. The molecule has 0 unspecified atom stereocenters. The van der Waals surface area contributed by atoms with Gasteiger partial charge in [-0.3, -0.25) is 0 Å². The maximum absolute atomic E-state index is 13.7. The van der Waals surface area contributed by atoms with Gasteiger partial charge in [0, 0.05) is 11.8 Å². The lowest BCUT2D eigenvalue weighted by molar-refractivity contribution is -0.139. The second kappa shape index (κ2) is 7.81. The molecule has 0 fully saturated rings. The second-order valence-corrected chi connectivity index (χ2v) is 7.63. The van der Waals surface area contributed by atoms with Crippen LogP contribution in [0.25, 0.3) is 22.3 Å². The van der Waals surface area contributed by atoms with Gasteiger partial charge in [0.05, 0.1) is 17.7 Å². The fourth-order valence-electron chi connectivity index (χ4n) is 3.42. The number of fused-ring (bicyclic) bond motifs is 1. The molecule has 1 N–H and O–H groups in total. The van der Waals surface area contributed by atoms with Gasteiger partial charge in [0.2, 0.25) is 0 Å². The van der Waals surface area contributed by atoms with Crippen LogP contribution in [0.1, 0.15) is 38.6 Å². The molecule has 4 nitrogen and oxygen atoms in total. The molecule has 0 aliphatic heterocycles. The number of hydrogen-bond acceptors (Lipinski definition) is 3. The SMILES string of the molecule is Cc1nc2nccc(-c3ccc(OC[C@H](C)CC(C)C)c(C(F)(F)F)c3)c2[nH]1. The van der Waals surface area contributed by atoms with E-state index in [9.17, 15) is 13.2 Å². The second-order valence-electron chi connectivity index (χ2n) is 7.63. The summed E-state index contributed by atoms with van der Waals surface area (Å²) < 4.78 is 46.6. The van der Waals surface area contributed by atoms with Crippen molar-refractivity contribution in [2.45, 2.75) is 40.3 Å². The number of H-pyrrole nitrogens is 1. The van der Waals surface area contributed by atoms with Crippen molar-refractivity contribution in [2.75, 3.05) is 6.61 Å². The van der Waals surface area contributed by atoms with Crippen LogP contribution in [-0.4, -0.2) is 21.6 Å². The molecule has 0 spiro atoms. The van der Waals surface area contributed by atoms with Crippen LogP contribution in [0.15, 0.2) is 30.5 Å². The Balaban J connectivity index is 1.97. The number of pyridine rings is 1. The Morgan fingerprint density at radius 3 is 2.57 bits per heavy atom. The number of hydrogen-bond donors (Lipinski definition) is 1. The third kappa shape index (κ3) is 4.46. The topological polar surface area (TPSA) is 50.8 Å². The Labute approximate surface area is 162 Å². The van der Waals surface area contributed by atoms with Crippen molar-refractivity contribution in [3.05, 3.63) is 41.9 Å². The fraction of sp³-hybridized carbons (Fsp3) is 0.429. The zero-order chi connectivity index (χ0) is 20.5. The zero-order valence-electron chi connectivity index (χ0n) is 16.4. The number of alkyl halides is 3. The first-order valence-corrected chi connectivity index (χ1v) is 9.31. The molecule has 3 aromatic rings. The summed E-state index contributed by atoms with van der Waals surface area (Å²) >= 11 is 0. The minimum Gasteiger partial charge on any atom is -0.493 e. The summed E-state index contributed by atoms with van der Waals surface area (Å²) in [4.78, 5) is 11.5. The smallest absolute Gasteiger partial charge is 0.419 e. The molecule has 2 heterocycles. The predicted octanol–water partition coefficient (Wildman–Crippen LogP) is 6.01. The first-order valence-electron chi connectivity index (χ1n) is 9.31. The molecule has 0 aliphatic rings. The Bertz CT molecular complexity index is 963. The highest BCUT2D eigenvalue weighted by molar-refractivity contribution is 5.90. The third-order valence-corrected chi connectivity index (χ3v) is 4.50. The van der Waals surface area contributed by atoms with Crippen LogP contribution in [-0.2, 0) is 6.18 Å². The lowest BCUT2D eigenvalue weighted by Crippen LogP contribution is -2.14. The van der Waals surface area contributed by atoms with E-state index >= 15 is 0 Å². The van der Waals surface area contributed by atoms with E-state index in [0.29, 0.717) is 34.0 Å². The molecule has 0 saturated heterocycles. The molecular formula is C21H24F3N3O. The normalized spacial score (nSPS) is 13.3. The molecule has 1 atom stereocenters. The quantitative estimate of drug-likeness (QED) is 0.560. The standard InChI is InChI=1S/C21H24F3N3O/c1-12(2)9-13(3)11-28-18-6-5-15(10-17(18)21(22,23)24)16-7-8-25-20-19(16)26-14(4)27-20/h5-8,10,12-13H,9,11H2,1-4H3,(H,25,26,27)/t13-/m1/s1. The maximum atomic E-state index is 13.7. The number of nitrogens with one attached hydrogen (secondary N) is 1. The Kier molecular flexibility index (Phi) is 5.63. The highest BCUT2D eigenvalue weighted by Crippen LogP contribution is 2.40. The Morgan fingerprint density at radius 1 is 1.14 bits per heavy atom. The van der Waals surface area contributed by atoms with Crippen molar-refractivity contribution in [3.8, 4) is 16.9 Å². The summed E-state index contributed by atoms with van der Waals surface area (Å²) in [6.45, 7) is 8.18. The van der Waals surface area contributed by atoms with Crippen molar-refractivity contribution >= 4 is 11.2 Å². The van der Waals surface area contributed by atoms with Crippen LogP contribution in [0.3, 0.4) is 0 Å². The molecule has 28 heavy (non-hydrogen) atoms. The summed E-state index contributed by atoms with van der Waals surface area (Å²) in [5.74, 6) is 1.16. The van der Waals surface area contributed by atoms with Gasteiger partial charge >= 0.3 is 6.18 Å². The zero-order valence-corrected chi connectivity index (χ0v) is 16.4. The molecule has 150 valence electrons. The first kappa shape index (κ1) is 20.2. The van der Waals surface area contributed by atoms with Crippen LogP contribution < -0.4 is 4.74 Å². The maximum Gasteiger partial charge on any atom is 0.419 e. The van der Waals surface area contributed by atoms with E-state index in [-0.39, 0.29) is 18.3 Å². The van der Waals surface area contributed by atoms with Gasteiger partial charge in [-0.05, 0) is 48.9 Å². The lowest BCUT2D eigenvalue weighted by Gasteiger charge is -2.19. The number of benzene rings is 1. The number of aromatic nitrogens is 3. The number of rotatable bonds is 6. The van der Waals surface area contributed by atoms with E-state index in [0.717, 1.165) is 12.5 Å². The highest BCUT2D eigenvalue weighted by atomic mass is 19.4. The monoisotopic (exact) mass is 391 g/mol. The largest absolute Gasteiger partial charge is 0.493 e. The van der Waals surface area contributed by atoms with Gasteiger partial charge < -0.3 is 9.72 Å². The minimum atomic E-state index is -4.51. The van der Waals surface area contributed by atoms with Crippen LogP contribution >= 0.6 is 0 Å². The Morgan fingerprint density at radius 2 is 1.89 bits per heavy atom. The average Bonchev–Trinajstić information content (AvgIpc) is 2.98. The molecule has 0 bridgehead atoms. The number of halogens is 3. The van der Waals surface area contributed by atoms with Crippen molar-refractivity contribution in [3.63, 3.8) is 0 Å². The van der Waals surface area contributed by atoms with Gasteiger partial charge in [-0.25, -0.2) is 9.97 Å². The van der Waals surface area contributed by atoms with Gasteiger partial charge in [-0.2, -0.15) is 13.2 Å². The van der Waals surface area contributed by atoms with E-state index in [2.05, 4.69) is 28.8 Å². The number of nitrogens with zero attached hydrogens (tertiary/aromatic N) is 2. The molecular weight excluding hydrogens is 367 g/mol. The number of ether oxygens (including phenoxy) is 1. The highest BCUT2D eigenvalue weighted by Gasteiger charge is 2.35. The molecule has 0 radical (unpaired) electrons. The van der Waals surface area contributed by atoms with E-state index in [1.165, 1.54) is 6.07 Å². The lowest BCUT2D eigenvalue weighted by atomic mass is 9.99. The molecule has 0 aliphatic carbocycles. The average molecular weight is 391 g/mol. The first-order chi connectivity index (χ1) is 13.1. The van der Waals surface area contributed by atoms with Crippen LogP contribution in [0.2, 0.25) is 0 Å². The molecule has 1 aromatic carbocycles. The van der Waals surface area contributed by atoms with Crippen LogP contribution in [0.4, 0.5) is 13.2 Å². The summed E-state index contributed by atoms with van der Waals surface area (Å²) in [5, 5.41) is 0. The molecule has 0 saturated carbocycles. The van der Waals surface area contributed by atoms with Crippen molar-refractivity contribution in [1.29, 1.82) is 0 Å². The minimum absolute atomic E-state index is 0.141. The van der Waals surface area contributed by atoms with E-state index < -0.39 is 11.7 Å². The molecule has 3 rings (SSSR count). The predicted molar refractivity (Wildman–Crippen MR) is 103 cm³/mol. The van der Waals surface area contributed by atoms with Gasteiger partial charge in [-0.1, -0.05) is 26.8 Å². The molecule has 0 amide bonds. The third-order valence-electron chi connectivity index (χ3n) is 4.50. The molecule has 2 aromatic heterocycles. The summed E-state index contributed by atoms with van der Waals surface area (Å²) in [6.07, 6.45) is -2.07. The summed E-state index contributed by atoms with van der Waals surface area (Å²) in [6, 6.07) is 5.85. The number of aryl methyl sites for hydroxylation is 1. The van der Waals surface area contributed by atoms with Gasteiger partial charge in [0.1, 0.15) is 11.6 Å². The Hall–Kier alpha value is -2.57. The van der Waals surface area contributed by atoms with Crippen LogP contribution in [0, 0.1) is 18.8 Å². The fourth-order valence-corrected chi connectivity index (χ4v) is 3.42. The van der Waals surface area contributed by atoms with Gasteiger partial charge in [0.25, 0.3) is 0 Å². The summed E-state index contributed by atoms with van der Waals surface area (Å²) in [5.41, 5.74) is 1.38.